The maximum atomic E-state index is 13.1. The Kier molecular flexibility index (Phi) is 7.27. The molecular formula is C25H26N2O4. The van der Waals surface area contributed by atoms with Crippen molar-refractivity contribution in [1.82, 2.24) is 10.6 Å². The minimum atomic E-state index is -0.402. The van der Waals surface area contributed by atoms with Gasteiger partial charge in [-0.1, -0.05) is 37.3 Å². The predicted molar refractivity (Wildman–Crippen MR) is 119 cm³/mol. The van der Waals surface area contributed by atoms with E-state index in [4.69, 9.17) is 9.15 Å². The Morgan fingerprint density at radius 1 is 1.06 bits per heavy atom. The van der Waals surface area contributed by atoms with E-state index in [-0.39, 0.29) is 17.6 Å². The van der Waals surface area contributed by atoms with Crippen molar-refractivity contribution in [3.63, 3.8) is 0 Å². The molecule has 0 fully saturated rings. The van der Waals surface area contributed by atoms with Gasteiger partial charge in [-0.15, -0.1) is 0 Å². The molecule has 0 saturated carbocycles. The second-order valence-corrected chi connectivity index (χ2v) is 7.05. The number of hydrogen-bond donors (Lipinski definition) is 2. The van der Waals surface area contributed by atoms with Crippen molar-refractivity contribution in [3.8, 4) is 5.75 Å². The highest BCUT2D eigenvalue weighted by Crippen LogP contribution is 2.21. The summed E-state index contributed by atoms with van der Waals surface area (Å²) in [7, 11) is 1.61. The zero-order valence-corrected chi connectivity index (χ0v) is 17.8. The average molecular weight is 418 g/mol. The number of carbonyl (C=O) groups excluding carboxylic acids is 2. The van der Waals surface area contributed by atoms with Gasteiger partial charge in [0.05, 0.1) is 19.4 Å². The molecule has 1 atom stereocenters. The number of carbonyl (C=O) groups is 2. The molecule has 31 heavy (non-hydrogen) atoms. The first-order valence-corrected chi connectivity index (χ1v) is 10.1. The van der Waals surface area contributed by atoms with E-state index in [2.05, 4.69) is 10.6 Å². The Hall–Kier alpha value is -3.80. The molecule has 1 heterocycles. The first kappa shape index (κ1) is 21.9. The Labute approximate surface area is 181 Å². The van der Waals surface area contributed by atoms with Crippen LogP contribution in [0.1, 0.15) is 46.6 Å². The van der Waals surface area contributed by atoms with E-state index in [1.54, 1.807) is 31.4 Å². The molecule has 160 valence electrons. The van der Waals surface area contributed by atoms with Crippen LogP contribution < -0.4 is 15.4 Å². The normalized spacial score (nSPS) is 12.2. The largest absolute Gasteiger partial charge is 0.497 e. The summed E-state index contributed by atoms with van der Waals surface area (Å²) in [5.41, 5.74) is 2.37. The molecule has 0 aliphatic heterocycles. The fourth-order valence-electron chi connectivity index (χ4n) is 3.18. The molecule has 1 aromatic heterocycles. The third kappa shape index (κ3) is 5.63. The molecule has 0 spiro atoms. The van der Waals surface area contributed by atoms with E-state index >= 15 is 0 Å². The lowest BCUT2D eigenvalue weighted by Gasteiger charge is -2.19. The van der Waals surface area contributed by atoms with Gasteiger partial charge in [0.15, 0.2) is 0 Å². The van der Waals surface area contributed by atoms with Crippen molar-refractivity contribution in [3.05, 3.63) is 95.1 Å². The van der Waals surface area contributed by atoms with Crippen LogP contribution in [0.25, 0.3) is 6.08 Å². The second kappa shape index (κ2) is 10.3. The number of furan rings is 1. The van der Waals surface area contributed by atoms with Gasteiger partial charge >= 0.3 is 0 Å². The zero-order chi connectivity index (χ0) is 22.2. The van der Waals surface area contributed by atoms with Crippen molar-refractivity contribution >= 4 is 17.9 Å². The summed E-state index contributed by atoms with van der Waals surface area (Å²) in [5.74, 6) is 0.450. The highest BCUT2D eigenvalue weighted by atomic mass is 16.5. The lowest BCUT2D eigenvalue weighted by atomic mass is 10.0. The monoisotopic (exact) mass is 418 g/mol. The van der Waals surface area contributed by atoms with E-state index < -0.39 is 5.91 Å². The molecule has 2 amide bonds. The van der Waals surface area contributed by atoms with Gasteiger partial charge in [-0.3, -0.25) is 9.59 Å². The summed E-state index contributed by atoms with van der Waals surface area (Å²) in [6.07, 6.45) is 3.71. The number of methoxy groups -OCH3 is 1. The van der Waals surface area contributed by atoms with E-state index in [1.807, 2.05) is 50.2 Å². The first-order valence-electron chi connectivity index (χ1n) is 10.1. The summed E-state index contributed by atoms with van der Waals surface area (Å²) < 4.78 is 10.5. The van der Waals surface area contributed by atoms with Gasteiger partial charge in [0, 0.05) is 11.6 Å². The van der Waals surface area contributed by atoms with Crippen molar-refractivity contribution in [1.29, 1.82) is 0 Å². The molecule has 3 aromatic rings. The average Bonchev–Trinajstić information content (AvgIpc) is 3.30. The Morgan fingerprint density at radius 3 is 2.42 bits per heavy atom. The molecule has 3 rings (SSSR count). The van der Waals surface area contributed by atoms with Crippen LogP contribution in [-0.2, 0) is 4.79 Å². The van der Waals surface area contributed by atoms with Gasteiger partial charge in [0.2, 0.25) is 0 Å². The fraction of sp³-hybridized carbons (Fsp3) is 0.200. The molecule has 6 heteroatoms. The molecule has 0 unspecified atom stereocenters. The SMILES string of the molecule is CC[C@@H](NC(=O)/C(=C/c1ccco1)NC(=O)c1ccccc1C)c1ccc(OC)cc1. The first-order chi connectivity index (χ1) is 15.0. The number of benzene rings is 2. The summed E-state index contributed by atoms with van der Waals surface area (Å²) in [6.45, 7) is 3.83. The Morgan fingerprint density at radius 2 is 1.81 bits per heavy atom. The topological polar surface area (TPSA) is 80.6 Å². The van der Waals surface area contributed by atoms with Crippen LogP contribution in [0.5, 0.6) is 5.75 Å². The van der Waals surface area contributed by atoms with E-state index in [9.17, 15) is 9.59 Å². The summed E-state index contributed by atoms with van der Waals surface area (Å²) in [4.78, 5) is 26.0. The van der Waals surface area contributed by atoms with Crippen LogP contribution >= 0.6 is 0 Å². The van der Waals surface area contributed by atoms with Crippen molar-refractivity contribution in [2.45, 2.75) is 26.3 Å². The lowest BCUT2D eigenvalue weighted by molar-refractivity contribution is -0.118. The van der Waals surface area contributed by atoms with Gasteiger partial charge in [-0.05, 0) is 54.8 Å². The highest BCUT2D eigenvalue weighted by Gasteiger charge is 2.20. The van der Waals surface area contributed by atoms with Gasteiger partial charge < -0.3 is 19.8 Å². The van der Waals surface area contributed by atoms with Gasteiger partial charge in [0.25, 0.3) is 11.8 Å². The molecule has 6 nitrogen and oxygen atoms in total. The molecule has 2 aromatic carbocycles. The van der Waals surface area contributed by atoms with E-state index in [0.717, 1.165) is 16.9 Å². The summed E-state index contributed by atoms with van der Waals surface area (Å²) in [6, 6.07) is 17.9. The summed E-state index contributed by atoms with van der Waals surface area (Å²) >= 11 is 0. The van der Waals surface area contributed by atoms with Crippen LogP contribution in [0.2, 0.25) is 0 Å². The minimum Gasteiger partial charge on any atom is -0.497 e. The molecule has 0 saturated heterocycles. The predicted octanol–water partition coefficient (Wildman–Crippen LogP) is 4.64. The van der Waals surface area contributed by atoms with Gasteiger partial charge in [0.1, 0.15) is 17.2 Å². The molecule has 0 aliphatic carbocycles. The van der Waals surface area contributed by atoms with Gasteiger partial charge in [-0.2, -0.15) is 0 Å². The quantitative estimate of drug-likeness (QED) is 0.523. The number of rotatable bonds is 8. The standard InChI is InChI=1S/C25H26N2O4/c1-4-22(18-11-13-19(30-3)14-12-18)26-25(29)23(16-20-9-7-15-31-20)27-24(28)21-10-6-5-8-17(21)2/h5-16,22H,4H2,1-3H3,(H,26,29)(H,27,28)/b23-16-/t22-/m1/s1. The number of aryl methyl sites for hydroxylation is 1. The highest BCUT2D eigenvalue weighted by molar-refractivity contribution is 6.05. The van der Waals surface area contributed by atoms with E-state index in [0.29, 0.717) is 17.7 Å². The molecule has 0 radical (unpaired) electrons. The number of amides is 2. The minimum absolute atomic E-state index is 0.107. The molecular weight excluding hydrogens is 392 g/mol. The van der Waals surface area contributed by atoms with Crippen LogP contribution in [-0.4, -0.2) is 18.9 Å². The number of hydrogen-bond acceptors (Lipinski definition) is 4. The smallest absolute Gasteiger partial charge is 0.268 e. The lowest BCUT2D eigenvalue weighted by Crippen LogP contribution is -2.37. The Bertz CT molecular complexity index is 1050. The zero-order valence-electron chi connectivity index (χ0n) is 17.8. The molecule has 0 aliphatic rings. The van der Waals surface area contributed by atoms with Gasteiger partial charge in [-0.25, -0.2) is 0 Å². The summed E-state index contributed by atoms with van der Waals surface area (Å²) in [5, 5.41) is 5.74. The van der Waals surface area contributed by atoms with Crippen LogP contribution in [0.4, 0.5) is 0 Å². The number of nitrogens with one attached hydrogen (secondary N) is 2. The van der Waals surface area contributed by atoms with Crippen LogP contribution in [0.3, 0.4) is 0 Å². The third-order valence-electron chi connectivity index (χ3n) is 4.94. The number of ether oxygens (including phenoxy) is 1. The van der Waals surface area contributed by atoms with Crippen molar-refractivity contribution in [2.75, 3.05) is 7.11 Å². The van der Waals surface area contributed by atoms with Crippen LogP contribution in [0, 0.1) is 6.92 Å². The van der Waals surface area contributed by atoms with Crippen molar-refractivity contribution < 1.29 is 18.7 Å². The molecule has 0 bridgehead atoms. The van der Waals surface area contributed by atoms with Crippen molar-refractivity contribution in [2.24, 2.45) is 0 Å². The fourth-order valence-corrected chi connectivity index (χ4v) is 3.18. The van der Waals surface area contributed by atoms with E-state index in [1.165, 1.54) is 12.3 Å². The second-order valence-electron chi connectivity index (χ2n) is 7.05. The maximum Gasteiger partial charge on any atom is 0.268 e. The third-order valence-corrected chi connectivity index (χ3v) is 4.94. The molecule has 2 N–H and O–H groups in total. The van der Waals surface area contributed by atoms with Crippen LogP contribution in [0.15, 0.2) is 77.0 Å². The Balaban J connectivity index is 1.83. The maximum absolute atomic E-state index is 13.1.